The van der Waals surface area contributed by atoms with Gasteiger partial charge in [-0.1, -0.05) is 6.05 Å². The van der Waals surface area contributed by atoms with Gasteiger partial charge in [-0.25, -0.2) is 0 Å². The zero-order valence-corrected chi connectivity index (χ0v) is 4.64. The first-order valence-electron chi connectivity index (χ1n) is 2.56. The highest BCUT2D eigenvalue weighted by Crippen LogP contribution is 2.35. The minimum Gasteiger partial charge on any atom is -0.321 e. The number of hydrogen-bond donors (Lipinski definition) is 2. The lowest BCUT2D eigenvalue weighted by Crippen LogP contribution is -1.65. The normalized spacial score (nSPS) is 19.9. The summed E-state index contributed by atoms with van der Waals surface area (Å²) in [7, 11) is -4.45. The molecule has 0 fully saturated rings. The lowest BCUT2D eigenvalue weighted by molar-refractivity contribution is 0.386. The second-order valence-corrected chi connectivity index (χ2v) is 2.22. The third-order valence-corrected chi connectivity index (χ3v) is 0.772. The van der Waals surface area contributed by atoms with Gasteiger partial charge < -0.3 is 9.79 Å². The fourth-order valence-electron chi connectivity index (χ4n) is 0.146. The maximum atomic E-state index is 10.1. The van der Waals surface area contributed by atoms with Crippen LogP contribution in [0.5, 0.6) is 0 Å². The summed E-state index contributed by atoms with van der Waals surface area (Å²) in [6.45, 7) is 1.15. The van der Waals surface area contributed by atoms with Crippen molar-refractivity contribution in [2.45, 2.75) is 6.92 Å². The van der Waals surface area contributed by atoms with Crippen LogP contribution in [0.3, 0.4) is 0 Å². The summed E-state index contributed by atoms with van der Waals surface area (Å²) in [5, 5.41) is 0. The van der Waals surface area contributed by atoms with E-state index in [4.69, 9.17) is 12.5 Å². The lowest BCUT2D eigenvalue weighted by Gasteiger charge is -1.89. The predicted octanol–water partition coefficient (Wildman–Crippen LogP) is 0.698. The van der Waals surface area contributed by atoms with Crippen LogP contribution in [-0.4, -0.2) is 9.79 Å². The van der Waals surface area contributed by atoms with Gasteiger partial charge in [0.25, 0.3) is 0 Å². The average molecular weight is 124 g/mol. The summed E-state index contributed by atoms with van der Waals surface area (Å²) < 4.78 is 23.3. The Balaban J connectivity index is 4.62. The molecule has 0 unspecified atom stereocenters. The molecule has 0 aliphatic rings. The van der Waals surface area contributed by atoms with E-state index < -0.39 is 19.4 Å². The van der Waals surface area contributed by atoms with Crippen LogP contribution >= 0.6 is 7.60 Å². The molecule has 2 N–H and O–H groups in total. The Kier molecular flexibility index (Phi) is 1.24. The molecule has 0 rings (SSSR count). The zero-order valence-electron chi connectivity index (χ0n) is 5.75. The molecule has 0 aromatic rings. The highest BCUT2D eigenvalue weighted by molar-refractivity contribution is 7.55. The fraction of sp³-hybridized carbons (Fsp3) is 0.333. The molecule has 3 nitrogen and oxygen atoms in total. The molecule has 0 atom stereocenters. The average Bonchev–Trinajstić information content (AvgIpc) is 1.62. The Morgan fingerprint density at radius 1 is 1.86 bits per heavy atom. The maximum Gasteiger partial charge on any atom is 0.348 e. The van der Waals surface area contributed by atoms with E-state index in [1.165, 1.54) is 0 Å². The fourth-order valence-corrected chi connectivity index (χ4v) is 0.437. The summed E-state index contributed by atoms with van der Waals surface area (Å²) in [5.74, 6) is -0.914. The van der Waals surface area contributed by atoms with Gasteiger partial charge in [0, 0.05) is 5.79 Å². The Morgan fingerprint density at radius 2 is 2.29 bits per heavy atom. The Labute approximate surface area is 44.6 Å². The molecular formula is C3H7O3P. The predicted molar refractivity (Wildman–Crippen MR) is 26.9 cm³/mol. The molecule has 7 heavy (non-hydrogen) atoms. The molecule has 0 aliphatic heterocycles. The summed E-state index contributed by atoms with van der Waals surface area (Å²) in [6.07, 6.45) is 0. The van der Waals surface area contributed by atoms with E-state index in [2.05, 4.69) is 0 Å². The maximum absolute atomic E-state index is 10.1. The molecule has 0 aliphatic carbocycles. The van der Waals surface area contributed by atoms with Crippen LogP contribution in [0.25, 0.3) is 0 Å². The smallest absolute Gasteiger partial charge is 0.321 e. The lowest BCUT2D eigenvalue weighted by atomic mass is 10.8. The van der Waals surface area contributed by atoms with E-state index in [0.717, 1.165) is 6.92 Å². The van der Waals surface area contributed by atoms with Crippen LogP contribution in [-0.2, 0) is 4.57 Å². The Hall–Kier alpha value is -0.110. The summed E-state index contributed by atoms with van der Waals surface area (Å²) >= 11 is 0. The van der Waals surface area contributed by atoms with Gasteiger partial charge in [-0.15, -0.1) is 0 Å². The highest BCUT2D eigenvalue weighted by atomic mass is 31.2. The molecule has 0 aromatic heterocycles. The minimum atomic E-state index is -4.45. The quantitative estimate of drug-likeness (QED) is 0.506. The van der Waals surface area contributed by atoms with Gasteiger partial charge in [0.05, 0.1) is 2.74 Å². The van der Waals surface area contributed by atoms with E-state index in [1.54, 1.807) is 0 Å². The number of allylic oxidation sites excluding steroid dienone is 1. The topological polar surface area (TPSA) is 57.5 Å². The Morgan fingerprint density at radius 3 is 2.29 bits per heavy atom. The van der Waals surface area contributed by atoms with Crippen molar-refractivity contribution in [1.82, 2.24) is 0 Å². The van der Waals surface area contributed by atoms with Crippen molar-refractivity contribution in [1.29, 1.82) is 0 Å². The van der Waals surface area contributed by atoms with E-state index in [-0.39, 0.29) is 0 Å². The van der Waals surface area contributed by atoms with Gasteiger partial charge in [-0.05, 0) is 6.92 Å². The standard InChI is InChI=1S/C3H7O3P/c1-2-3-7(4,5)6/h2-3H,1H3,(H2,4,5,6)/b3-2+/i2D,3D. The first-order valence-corrected chi connectivity index (χ1v) is 3.17. The van der Waals surface area contributed by atoms with Crippen LogP contribution in [0.1, 0.15) is 9.67 Å². The van der Waals surface area contributed by atoms with Gasteiger partial charge in [0.15, 0.2) is 0 Å². The largest absolute Gasteiger partial charge is 0.348 e. The third-order valence-electron chi connectivity index (χ3n) is 0.257. The van der Waals surface area contributed by atoms with Crippen LogP contribution < -0.4 is 0 Å². The van der Waals surface area contributed by atoms with Crippen molar-refractivity contribution < 1.29 is 17.1 Å². The van der Waals surface area contributed by atoms with Crippen molar-refractivity contribution >= 4 is 7.60 Å². The van der Waals surface area contributed by atoms with E-state index in [1.807, 2.05) is 0 Å². The third kappa shape index (κ3) is 5.89. The van der Waals surface area contributed by atoms with E-state index in [9.17, 15) is 4.57 Å². The molecule has 0 spiro atoms. The summed E-state index contributed by atoms with van der Waals surface area (Å²) in [6, 6.07) is -0.400. The first-order chi connectivity index (χ1) is 3.85. The molecule has 0 amide bonds. The second-order valence-electron chi connectivity index (χ2n) is 0.906. The monoisotopic (exact) mass is 124 g/mol. The summed E-state index contributed by atoms with van der Waals surface area (Å²) in [4.78, 5) is 16.4. The second kappa shape index (κ2) is 2.26. The molecule has 0 bridgehead atoms. The Bertz CT molecular complexity index is 177. The molecule has 0 heterocycles. The molecule has 4 heteroatoms. The first kappa shape index (κ1) is 3.84. The molecular weight excluding hydrogens is 115 g/mol. The van der Waals surface area contributed by atoms with Crippen molar-refractivity contribution in [3.05, 3.63) is 11.8 Å². The SMILES string of the molecule is [2H]/C(C)=C(/[2H])P(=O)(O)O. The van der Waals surface area contributed by atoms with Crippen molar-refractivity contribution in [3.63, 3.8) is 0 Å². The number of hydrogen-bond acceptors (Lipinski definition) is 1. The number of rotatable bonds is 1. The van der Waals surface area contributed by atoms with E-state index in [0.29, 0.717) is 0 Å². The van der Waals surface area contributed by atoms with Gasteiger partial charge in [0.1, 0.15) is 0 Å². The van der Waals surface area contributed by atoms with Crippen LogP contribution in [0.4, 0.5) is 0 Å². The van der Waals surface area contributed by atoms with Crippen LogP contribution in [0.15, 0.2) is 11.8 Å². The molecule has 0 radical (unpaired) electrons. The van der Waals surface area contributed by atoms with E-state index >= 15 is 0 Å². The highest BCUT2D eigenvalue weighted by Gasteiger charge is 2.02. The van der Waals surface area contributed by atoms with Crippen LogP contribution in [0.2, 0.25) is 0 Å². The van der Waals surface area contributed by atoms with Crippen LogP contribution in [0, 0.1) is 0 Å². The van der Waals surface area contributed by atoms with Gasteiger partial charge in [0.2, 0.25) is 0 Å². The molecule has 42 valence electrons. The van der Waals surface area contributed by atoms with Gasteiger partial charge in [-0.2, -0.15) is 0 Å². The summed E-state index contributed by atoms with van der Waals surface area (Å²) in [5.41, 5.74) is 0. The molecule has 0 saturated heterocycles. The van der Waals surface area contributed by atoms with Crippen molar-refractivity contribution in [2.24, 2.45) is 0 Å². The van der Waals surface area contributed by atoms with Crippen molar-refractivity contribution in [3.8, 4) is 0 Å². The van der Waals surface area contributed by atoms with Gasteiger partial charge >= 0.3 is 7.60 Å². The molecule has 0 saturated carbocycles. The van der Waals surface area contributed by atoms with Crippen molar-refractivity contribution in [2.75, 3.05) is 0 Å². The minimum absolute atomic E-state index is 0.400. The zero-order chi connectivity index (χ0) is 7.65. The molecule has 0 aromatic carbocycles. The van der Waals surface area contributed by atoms with Gasteiger partial charge in [-0.3, -0.25) is 4.57 Å².